The van der Waals surface area contributed by atoms with Crippen molar-refractivity contribution in [2.24, 2.45) is 0 Å². The van der Waals surface area contributed by atoms with Crippen LogP contribution in [0.3, 0.4) is 0 Å². The Morgan fingerprint density at radius 2 is 2.00 bits per heavy atom. The molecule has 0 spiro atoms. The van der Waals surface area contributed by atoms with Gasteiger partial charge in [0, 0.05) is 19.7 Å². The highest BCUT2D eigenvalue weighted by molar-refractivity contribution is 6.35. The highest BCUT2D eigenvalue weighted by atomic mass is 35.5. The summed E-state index contributed by atoms with van der Waals surface area (Å²) in [6.07, 6.45) is 0. The van der Waals surface area contributed by atoms with Crippen molar-refractivity contribution >= 4 is 23.0 Å². The molecule has 0 aliphatic carbocycles. The van der Waals surface area contributed by atoms with Crippen LogP contribution in [0.1, 0.15) is 5.56 Å². The number of nitro benzene ring substituents is 1. The van der Waals surface area contributed by atoms with Crippen LogP contribution in [0.25, 0.3) is 0 Å². The van der Waals surface area contributed by atoms with Crippen LogP contribution in [-0.2, 0) is 0 Å². The standard InChI is InChI=1S/C9H11ClN2O2/c1-6-4-5-7(11(2)3)8(10)9(6)12(13)14/h4-5H,1-3H3. The molecule has 0 heterocycles. The number of hydrogen-bond acceptors (Lipinski definition) is 3. The number of rotatable bonds is 2. The fourth-order valence-electron chi connectivity index (χ4n) is 1.22. The van der Waals surface area contributed by atoms with E-state index in [4.69, 9.17) is 11.6 Å². The number of nitrogens with zero attached hydrogens (tertiary/aromatic N) is 2. The summed E-state index contributed by atoms with van der Waals surface area (Å²) >= 11 is 5.92. The number of halogens is 1. The molecule has 5 heteroatoms. The zero-order valence-corrected chi connectivity index (χ0v) is 9.00. The van der Waals surface area contributed by atoms with Crippen LogP contribution in [0.15, 0.2) is 12.1 Å². The van der Waals surface area contributed by atoms with Gasteiger partial charge in [-0.15, -0.1) is 0 Å². The van der Waals surface area contributed by atoms with Crippen molar-refractivity contribution < 1.29 is 4.92 Å². The molecule has 0 aliphatic heterocycles. The third-order valence-electron chi connectivity index (χ3n) is 1.96. The Labute approximate surface area is 87.2 Å². The van der Waals surface area contributed by atoms with Crippen LogP contribution in [0.5, 0.6) is 0 Å². The van der Waals surface area contributed by atoms with E-state index in [2.05, 4.69) is 0 Å². The largest absolute Gasteiger partial charge is 0.376 e. The van der Waals surface area contributed by atoms with Crippen molar-refractivity contribution in [1.82, 2.24) is 0 Å². The van der Waals surface area contributed by atoms with Crippen LogP contribution in [0.4, 0.5) is 11.4 Å². The van der Waals surface area contributed by atoms with E-state index in [0.717, 1.165) is 0 Å². The van der Waals surface area contributed by atoms with Crippen molar-refractivity contribution in [1.29, 1.82) is 0 Å². The Morgan fingerprint density at radius 1 is 1.43 bits per heavy atom. The lowest BCUT2D eigenvalue weighted by Gasteiger charge is -2.14. The molecule has 0 atom stereocenters. The van der Waals surface area contributed by atoms with Gasteiger partial charge < -0.3 is 4.90 Å². The molecule has 0 N–H and O–H groups in total. The molecular formula is C9H11ClN2O2. The van der Waals surface area contributed by atoms with E-state index in [-0.39, 0.29) is 10.7 Å². The maximum Gasteiger partial charge on any atom is 0.292 e. The van der Waals surface area contributed by atoms with Crippen LogP contribution >= 0.6 is 11.6 Å². The molecule has 0 amide bonds. The minimum absolute atomic E-state index is 0.0159. The van der Waals surface area contributed by atoms with E-state index >= 15 is 0 Å². The molecule has 0 fully saturated rings. The number of nitro groups is 1. The molecule has 0 aliphatic rings. The summed E-state index contributed by atoms with van der Waals surface area (Å²) in [7, 11) is 3.58. The Morgan fingerprint density at radius 3 is 2.43 bits per heavy atom. The molecule has 1 rings (SSSR count). The first-order valence-electron chi connectivity index (χ1n) is 4.06. The molecule has 0 saturated heterocycles. The summed E-state index contributed by atoms with van der Waals surface area (Å²) in [5, 5.41) is 10.9. The van der Waals surface area contributed by atoms with Crippen molar-refractivity contribution in [2.75, 3.05) is 19.0 Å². The maximum absolute atomic E-state index is 10.7. The van der Waals surface area contributed by atoms with E-state index in [1.165, 1.54) is 0 Å². The second-order valence-electron chi connectivity index (χ2n) is 3.22. The zero-order valence-electron chi connectivity index (χ0n) is 8.24. The summed E-state index contributed by atoms with van der Waals surface area (Å²) < 4.78 is 0. The van der Waals surface area contributed by atoms with Crippen molar-refractivity contribution in [3.8, 4) is 0 Å². The molecular weight excluding hydrogens is 204 g/mol. The van der Waals surface area contributed by atoms with Crippen molar-refractivity contribution in [2.45, 2.75) is 6.92 Å². The highest BCUT2D eigenvalue weighted by Crippen LogP contribution is 2.35. The molecule has 14 heavy (non-hydrogen) atoms. The van der Waals surface area contributed by atoms with Gasteiger partial charge in [0.25, 0.3) is 5.69 Å². The Bertz CT molecular complexity index is 377. The number of benzene rings is 1. The van der Waals surface area contributed by atoms with Gasteiger partial charge in [-0.3, -0.25) is 10.1 Å². The lowest BCUT2D eigenvalue weighted by molar-refractivity contribution is -0.385. The Hall–Kier alpha value is -1.29. The molecule has 1 aromatic rings. The summed E-state index contributed by atoms with van der Waals surface area (Å²) in [4.78, 5) is 12.0. The van der Waals surface area contributed by atoms with Gasteiger partial charge in [-0.1, -0.05) is 17.7 Å². The van der Waals surface area contributed by atoms with E-state index < -0.39 is 4.92 Å². The number of aryl methyl sites for hydroxylation is 1. The lowest BCUT2D eigenvalue weighted by Crippen LogP contribution is -2.10. The van der Waals surface area contributed by atoms with Crippen LogP contribution in [-0.4, -0.2) is 19.0 Å². The molecule has 0 saturated carbocycles. The predicted molar refractivity (Wildman–Crippen MR) is 57.2 cm³/mol. The van der Waals surface area contributed by atoms with Gasteiger partial charge in [-0.25, -0.2) is 0 Å². The average Bonchev–Trinajstić information content (AvgIpc) is 2.02. The van der Waals surface area contributed by atoms with E-state index in [9.17, 15) is 10.1 Å². The first kappa shape index (κ1) is 10.8. The summed E-state index contributed by atoms with van der Waals surface area (Å²) in [5.41, 5.74) is 1.22. The quantitative estimate of drug-likeness (QED) is 0.562. The molecule has 0 aromatic heterocycles. The minimum atomic E-state index is -0.454. The molecule has 4 nitrogen and oxygen atoms in total. The molecule has 1 aromatic carbocycles. The topological polar surface area (TPSA) is 46.4 Å². The monoisotopic (exact) mass is 214 g/mol. The third-order valence-corrected chi connectivity index (χ3v) is 2.33. The fraction of sp³-hybridized carbons (Fsp3) is 0.333. The van der Waals surface area contributed by atoms with E-state index in [1.807, 2.05) is 0 Å². The molecule has 0 bridgehead atoms. The van der Waals surface area contributed by atoms with Gasteiger partial charge in [-0.05, 0) is 13.0 Å². The van der Waals surface area contributed by atoms with Crippen molar-refractivity contribution in [3.63, 3.8) is 0 Å². The Kier molecular flexibility index (Phi) is 2.96. The average molecular weight is 215 g/mol. The smallest absolute Gasteiger partial charge is 0.292 e. The normalized spacial score (nSPS) is 10.0. The fourth-order valence-corrected chi connectivity index (χ4v) is 1.67. The first-order chi connectivity index (χ1) is 6.45. The molecule has 0 unspecified atom stereocenters. The first-order valence-corrected chi connectivity index (χ1v) is 4.43. The number of hydrogen-bond donors (Lipinski definition) is 0. The summed E-state index contributed by atoms with van der Waals surface area (Å²) in [6.45, 7) is 1.67. The lowest BCUT2D eigenvalue weighted by atomic mass is 10.2. The number of anilines is 1. The van der Waals surface area contributed by atoms with Gasteiger partial charge in [0.1, 0.15) is 5.02 Å². The van der Waals surface area contributed by atoms with Gasteiger partial charge >= 0.3 is 0 Å². The maximum atomic E-state index is 10.7. The van der Waals surface area contributed by atoms with Crippen LogP contribution < -0.4 is 4.90 Å². The van der Waals surface area contributed by atoms with Gasteiger partial charge in [0.15, 0.2) is 0 Å². The highest BCUT2D eigenvalue weighted by Gasteiger charge is 2.19. The van der Waals surface area contributed by atoms with Crippen LogP contribution in [0, 0.1) is 17.0 Å². The zero-order chi connectivity index (χ0) is 10.9. The van der Waals surface area contributed by atoms with Gasteiger partial charge in [-0.2, -0.15) is 0 Å². The van der Waals surface area contributed by atoms with Gasteiger partial charge in [0.2, 0.25) is 0 Å². The third kappa shape index (κ3) is 1.80. The molecule has 76 valence electrons. The summed E-state index contributed by atoms with van der Waals surface area (Å²) in [6, 6.07) is 3.46. The second-order valence-corrected chi connectivity index (χ2v) is 3.59. The minimum Gasteiger partial charge on any atom is -0.376 e. The van der Waals surface area contributed by atoms with E-state index in [0.29, 0.717) is 11.3 Å². The van der Waals surface area contributed by atoms with E-state index in [1.54, 1.807) is 38.1 Å². The second kappa shape index (κ2) is 3.84. The summed E-state index contributed by atoms with van der Waals surface area (Å²) in [5.74, 6) is 0. The predicted octanol–water partition coefficient (Wildman–Crippen LogP) is 2.62. The van der Waals surface area contributed by atoms with Crippen molar-refractivity contribution in [3.05, 3.63) is 32.8 Å². The SMILES string of the molecule is Cc1ccc(N(C)C)c(Cl)c1[N+](=O)[O-]. The van der Waals surface area contributed by atoms with Crippen LogP contribution in [0.2, 0.25) is 5.02 Å². The van der Waals surface area contributed by atoms with Gasteiger partial charge in [0.05, 0.1) is 10.6 Å². The molecule has 0 radical (unpaired) electrons. The Balaban J connectivity index is 3.41.